The number of hydrogen-bond acceptors (Lipinski definition) is 4. The van der Waals surface area contributed by atoms with Gasteiger partial charge in [-0.3, -0.25) is 4.79 Å². The predicted octanol–water partition coefficient (Wildman–Crippen LogP) is 1.18. The Balaban J connectivity index is 2.45. The van der Waals surface area contributed by atoms with Crippen molar-refractivity contribution >= 4 is 17.2 Å². The number of aliphatic hydroxyl groups is 1. The first-order valence-electron chi connectivity index (χ1n) is 4.89. The molecule has 1 N–H and O–H groups in total. The zero-order valence-corrected chi connectivity index (χ0v) is 9.88. The first-order valence-corrected chi connectivity index (χ1v) is 5.77. The van der Waals surface area contributed by atoms with Crippen LogP contribution in [0.3, 0.4) is 0 Å². The van der Waals surface area contributed by atoms with Gasteiger partial charge in [0.2, 0.25) is 5.91 Å². The molecule has 1 heterocycles. The molecule has 0 aromatic carbocycles. The highest BCUT2D eigenvalue weighted by molar-refractivity contribution is 7.09. The van der Waals surface area contributed by atoms with Gasteiger partial charge < -0.3 is 10.0 Å². The summed E-state index contributed by atoms with van der Waals surface area (Å²) in [6, 6.07) is 0. The molecule has 1 aromatic heterocycles. The number of carbonyl (C=O) groups is 1. The van der Waals surface area contributed by atoms with Crippen LogP contribution in [0.5, 0.6) is 0 Å². The molecule has 0 unspecified atom stereocenters. The smallest absolute Gasteiger partial charge is 0.222 e. The minimum Gasteiger partial charge on any atom is -0.396 e. The molecular formula is C10H16N2O2S. The van der Waals surface area contributed by atoms with Gasteiger partial charge in [0.05, 0.1) is 17.7 Å². The zero-order chi connectivity index (χ0) is 11.3. The highest BCUT2D eigenvalue weighted by Gasteiger charge is 2.11. The topological polar surface area (TPSA) is 53.4 Å². The van der Waals surface area contributed by atoms with E-state index in [9.17, 15) is 4.79 Å². The normalized spacial score (nSPS) is 10.3. The Labute approximate surface area is 93.6 Å². The first-order chi connectivity index (χ1) is 7.15. The Kier molecular flexibility index (Phi) is 4.71. The average molecular weight is 228 g/mol. The van der Waals surface area contributed by atoms with E-state index in [1.54, 1.807) is 28.8 Å². The lowest BCUT2D eigenvalue weighted by molar-refractivity contribution is -0.130. The average Bonchev–Trinajstić information content (AvgIpc) is 2.61. The third-order valence-corrected chi connectivity index (χ3v) is 3.12. The van der Waals surface area contributed by atoms with Crippen molar-refractivity contribution in [3.63, 3.8) is 0 Å². The summed E-state index contributed by atoms with van der Waals surface area (Å²) in [5.41, 5.74) is 2.78. The second-order valence-electron chi connectivity index (χ2n) is 3.44. The summed E-state index contributed by atoms with van der Waals surface area (Å²) in [6.07, 6.45) is 0.940. The summed E-state index contributed by atoms with van der Waals surface area (Å²) in [5, 5.41) is 8.62. The molecule has 0 fully saturated rings. The summed E-state index contributed by atoms with van der Waals surface area (Å²) < 4.78 is 0. The van der Waals surface area contributed by atoms with Crippen LogP contribution in [0.1, 0.15) is 23.4 Å². The molecule has 1 aromatic rings. The van der Waals surface area contributed by atoms with Gasteiger partial charge >= 0.3 is 0 Å². The number of thiazole rings is 1. The monoisotopic (exact) mass is 228 g/mol. The summed E-state index contributed by atoms with van der Waals surface area (Å²) in [7, 11) is 1.78. The number of carbonyl (C=O) groups excluding carboxylic acids is 1. The highest BCUT2D eigenvalue weighted by Crippen LogP contribution is 2.14. The Morgan fingerprint density at radius 3 is 2.93 bits per heavy atom. The lowest BCUT2D eigenvalue weighted by atomic mass is 10.3. The maximum Gasteiger partial charge on any atom is 0.222 e. The molecule has 84 valence electrons. The van der Waals surface area contributed by atoms with E-state index >= 15 is 0 Å². The molecule has 1 rings (SSSR count). The fourth-order valence-electron chi connectivity index (χ4n) is 1.20. The number of aromatic nitrogens is 1. The molecule has 5 heteroatoms. The predicted molar refractivity (Wildman–Crippen MR) is 59.6 cm³/mol. The number of amides is 1. The van der Waals surface area contributed by atoms with E-state index in [1.807, 2.05) is 6.92 Å². The molecule has 15 heavy (non-hydrogen) atoms. The Morgan fingerprint density at radius 1 is 1.67 bits per heavy atom. The van der Waals surface area contributed by atoms with E-state index in [2.05, 4.69) is 4.98 Å². The van der Waals surface area contributed by atoms with Crippen LogP contribution in [0, 0.1) is 6.92 Å². The maximum absolute atomic E-state index is 11.5. The van der Waals surface area contributed by atoms with Crippen LogP contribution < -0.4 is 0 Å². The fraction of sp³-hybridized carbons (Fsp3) is 0.600. The lowest BCUT2D eigenvalue weighted by Gasteiger charge is -2.16. The van der Waals surface area contributed by atoms with Crippen molar-refractivity contribution in [2.24, 2.45) is 0 Å². The standard InChI is InChI=1S/C10H16N2O2S/c1-8-9(15-7-11-8)6-12(2)10(14)4-3-5-13/h7,13H,3-6H2,1-2H3. The Bertz CT molecular complexity index is 325. The van der Waals surface area contributed by atoms with Crippen molar-refractivity contribution in [2.75, 3.05) is 13.7 Å². The number of hydrogen-bond donors (Lipinski definition) is 1. The van der Waals surface area contributed by atoms with Gasteiger partial charge in [-0.2, -0.15) is 0 Å². The summed E-state index contributed by atoms with van der Waals surface area (Å²) in [4.78, 5) is 18.5. The zero-order valence-electron chi connectivity index (χ0n) is 9.06. The van der Waals surface area contributed by atoms with Crippen LogP contribution in [0.15, 0.2) is 5.51 Å². The van der Waals surface area contributed by atoms with Gasteiger partial charge in [0.1, 0.15) is 0 Å². The van der Waals surface area contributed by atoms with Gasteiger partial charge in [0.25, 0.3) is 0 Å². The Morgan fingerprint density at radius 2 is 2.40 bits per heavy atom. The van der Waals surface area contributed by atoms with Crippen molar-refractivity contribution in [2.45, 2.75) is 26.3 Å². The maximum atomic E-state index is 11.5. The van der Waals surface area contributed by atoms with E-state index in [-0.39, 0.29) is 12.5 Å². The molecule has 0 aliphatic carbocycles. The van der Waals surface area contributed by atoms with Crippen molar-refractivity contribution < 1.29 is 9.90 Å². The van der Waals surface area contributed by atoms with Gasteiger partial charge in [-0.25, -0.2) is 4.98 Å². The van der Waals surface area contributed by atoms with Crippen molar-refractivity contribution in [1.82, 2.24) is 9.88 Å². The van der Waals surface area contributed by atoms with Crippen LogP contribution >= 0.6 is 11.3 Å². The first kappa shape index (κ1) is 12.1. The molecule has 0 radical (unpaired) electrons. The SMILES string of the molecule is Cc1ncsc1CN(C)C(=O)CCCO. The van der Waals surface area contributed by atoms with Crippen LogP contribution in [0.4, 0.5) is 0 Å². The van der Waals surface area contributed by atoms with E-state index in [0.717, 1.165) is 10.6 Å². The second kappa shape index (κ2) is 5.82. The molecule has 0 aliphatic heterocycles. The van der Waals surface area contributed by atoms with E-state index < -0.39 is 0 Å². The minimum atomic E-state index is 0.0665. The van der Waals surface area contributed by atoms with E-state index in [0.29, 0.717) is 19.4 Å². The number of nitrogens with zero attached hydrogens (tertiary/aromatic N) is 2. The molecule has 4 nitrogen and oxygen atoms in total. The van der Waals surface area contributed by atoms with Gasteiger partial charge in [-0.05, 0) is 13.3 Å². The summed E-state index contributed by atoms with van der Waals surface area (Å²) in [5.74, 6) is 0.0665. The molecule has 0 atom stereocenters. The minimum absolute atomic E-state index is 0.0665. The van der Waals surface area contributed by atoms with Gasteiger partial charge in [-0.1, -0.05) is 0 Å². The summed E-state index contributed by atoms with van der Waals surface area (Å²) in [6.45, 7) is 2.62. The summed E-state index contributed by atoms with van der Waals surface area (Å²) >= 11 is 1.56. The van der Waals surface area contributed by atoms with Crippen LogP contribution in [0.2, 0.25) is 0 Å². The van der Waals surface area contributed by atoms with Crippen molar-refractivity contribution in [3.05, 3.63) is 16.1 Å². The number of aryl methyl sites for hydroxylation is 1. The quantitative estimate of drug-likeness (QED) is 0.823. The van der Waals surface area contributed by atoms with Crippen LogP contribution in [-0.4, -0.2) is 34.6 Å². The number of aliphatic hydroxyl groups excluding tert-OH is 1. The largest absolute Gasteiger partial charge is 0.396 e. The van der Waals surface area contributed by atoms with Gasteiger partial charge in [-0.15, -0.1) is 11.3 Å². The number of rotatable bonds is 5. The molecule has 0 spiro atoms. The molecular weight excluding hydrogens is 212 g/mol. The van der Waals surface area contributed by atoms with E-state index in [1.165, 1.54) is 0 Å². The van der Waals surface area contributed by atoms with Gasteiger partial charge in [0, 0.05) is 25.0 Å². The van der Waals surface area contributed by atoms with Gasteiger partial charge in [0.15, 0.2) is 0 Å². The van der Waals surface area contributed by atoms with Crippen LogP contribution in [-0.2, 0) is 11.3 Å². The third kappa shape index (κ3) is 3.60. The molecule has 1 amide bonds. The highest BCUT2D eigenvalue weighted by atomic mass is 32.1. The van der Waals surface area contributed by atoms with Crippen LogP contribution in [0.25, 0.3) is 0 Å². The molecule has 0 saturated heterocycles. The van der Waals surface area contributed by atoms with Crippen molar-refractivity contribution in [3.8, 4) is 0 Å². The Hall–Kier alpha value is -0.940. The van der Waals surface area contributed by atoms with Crippen molar-refractivity contribution in [1.29, 1.82) is 0 Å². The molecule has 0 saturated carbocycles. The fourth-order valence-corrected chi connectivity index (χ4v) is 2.03. The molecule has 0 aliphatic rings. The second-order valence-corrected chi connectivity index (χ2v) is 4.38. The van der Waals surface area contributed by atoms with E-state index in [4.69, 9.17) is 5.11 Å². The third-order valence-electron chi connectivity index (χ3n) is 2.20. The lowest BCUT2D eigenvalue weighted by Crippen LogP contribution is -2.26. The molecule has 0 bridgehead atoms.